The number of nitrogens with one attached hydrogen (secondary N) is 2. The number of nitrogen functional groups attached to an aromatic ring is 1. The van der Waals surface area contributed by atoms with Crippen molar-refractivity contribution in [2.75, 3.05) is 11.1 Å². The Hall–Kier alpha value is -1.72. The van der Waals surface area contributed by atoms with Gasteiger partial charge < -0.3 is 11.1 Å². The molecule has 0 aliphatic rings. The predicted molar refractivity (Wildman–Crippen MR) is 81.5 cm³/mol. The summed E-state index contributed by atoms with van der Waals surface area (Å²) in [5, 5.41) is 10.1. The molecule has 106 valence electrons. The first-order chi connectivity index (χ1) is 9.45. The van der Waals surface area contributed by atoms with E-state index in [1.54, 1.807) is 12.1 Å². The number of aryl methyl sites for hydroxylation is 2. The molecule has 0 aliphatic heterocycles. The molecule has 1 heterocycles. The molecule has 0 spiro atoms. The monoisotopic (exact) mass is 312 g/mol. The fourth-order valence-corrected chi connectivity index (χ4v) is 2.24. The number of H-pyrrole nitrogens is 1. The molecule has 1 aromatic carbocycles. The SMILES string of the molecule is CCc1[nH]nc(C(=O)Nc2c(Cl)ccc(C)c2Cl)c1N. The second-order valence-electron chi connectivity index (χ2n) is 4.33. The van der Waals surface area contributed by atoms with E-state index in [-0.39, 0.29) is 5.69 Å². The highest BCUT2D eigenvalue weighted by Crippen LogP contribution is 2.33. The molecule has 0 saturated heterocycles. The number of aromatic amines is 1. The number of rotatable bonds is 3. The Morgan fingerprint density at radius 1 is 1.45 bits per heavy atom. The van der Waals surface area contributed by atoms with Crippen molar-refractivity contribution in [1.29, 1.82) is 0 Å². The molecule has 0 fully saturated rings. The number of benzene rings is 1. The van der Waals surface area contributed by atoms with Gasteiger partial charge in [-0.05, 0) is 25.0 Å². The molecule has 0 bridgehead atoms. The standard InChI is InChI=1S/C13H14Cl2N4O/c1-3-8-10(16)12(19-18-8)13(20)17-11-7(14)5-4-6(2)9(11)15/h4-5H,3,16H2,1-2H3,(H,17,20)(H,18,19). The molecular weight excluding hydrogens is 299 g/mol. The van der Waals surface area contributed by atoms with Crippen LogP contribution in [-0.4, -0.2) is 16.1 Å². The lowest BCUT2D eigenvalue weighted by Gasteiger charge is -2.10. The van der Waals surface area contributed by atoms with Crippen molar-refractivity contribution in [2.24, 2.45) is 0 Å². The number of nitrogens with zero attached hydrogens (tertiary/aromatic N) is 1. The molecule has 4 N–H and O–H groups in total. The zero-order valence-electron chi connectivity index (χ0n) is 11.1. The van der Waals surface area contributed by atoms with E-state index < -0.39 is 5.91 Å². The molecule has 7 heteroatoms. The molecule has 20 heavy (non-hydrogen) atoms. The van der Waals surface area contributed by atoms with Crippen molar-refractivity contribution in [3.8, 4) is 0 Å². The predicted octanol–water partition coefficient (Wildman–Crippen LogP) is 3.42. The summed E-state index contributed by atoms with van der Waals surface area (Å²) in [6.07, 6.45) is 0.665. The zero-order chi connectivity index (χ0) is 14.9. The van der Waals surface area contributed by atoms with E-state index >= 15 is 0 Å². The molecule has 5 nitrogen and oxygen atoms in total. The lowest BCUT2D eigenvalue weighted by atomic mass is 10.2. The van der Waals surface area contributed by atoms with Crippen molar-refractivity contribution in [2.45, 2.75) is 20.3 Å². The van der Waals surface area contributed by atoms with Gasteiger partial charge in [0.1, 0.15) is 0 Å². The summed E-state index contributed by atoms with van der Waals surface area (Å²) in [7, 11) is 0. The van der Waals surface area contributed by atoms with E-state index in [9.17, 15) is 4.79 Å². The molecule has 1 aromatic heterocycles. The third kappa shape index (κ3) is 2.59. The fourth-order valence-electron chi connectivity index (χ4n) is 1.77. The van der Waals surface area contributed by atoms with Gasteiger partial charge in [-0.2, -0.15) is 5.10 Å². The maximum absolute atomic E-state index is 12.2. The Labute approximate surface area is 126 Å². The highest BCUT2D eigenvalue weighted by Gasteiger charge is 2.19. The summed E-state index contributed by atoms with van der Waals surface area (Å²) in [5.74, 6) is -0.451. The van der Waals surface area contributed by atoms with Gasteiger partial charge in [0.2, 0.25) is 0 Å². The first-order valence-electron chi connectivity index (χ1n) is 6.04. The van der Waals surface area contributed by atoms with Crippen molar-refractivity contribution < 1.29 is 4.79 Å². The average molecular weight is 313 g/mol. The van der Waals surface area contributed by atoms with Crippen molar-refractivity contribution in [1.82, 2.24) is 10.2 Å². The molecule has 0 atom stereocenters. The minimum absolute atomic E-state index is 0.135. The number of nitrogens with two attached hydrogens (primary N) is 1. The first kappa shape index (κ1) is 14.7. The minimum Gasteiger partial charge on any atom is -0.395 e. The van der Waals surface area contributed by atoms with Crippen molar-refractivity contribution in [3.05, 3.63) is 39.1 Å². The Morgan fingerprint density at radius 3 is 2.75 bits per heavy atom. The van der Waals surface area contributed by atoms with Gasteiger partial charge in [-0.3, -0.25) is 9.89 Å². The second kappa shape index (κ2) is 5.73. The number of aromatic nitrogens is 2. The largest absolute Gasteiger partial charge is 0.395 e. The van der Waals surface area contributed by atoms with Gasteiger partial charge in [0.05, 0.1) is 27.1 Å². The average Bonchev–Trinajstić information content (AvgIpc) is 2.80. The van der Waals surface area contributed by atoms with Gasteiger partial charge in [0.15, 0.2) is 5.69 Å². The minimum atomic E-state index is -0.451. The van der Waals surface area contributed by atoms with Crippen LogP contribution in [0, 0.1) is 6.92 Å². The van der Waals surface area contributed by atoms with E-state index in [0.29, 0.717) is 27.8 Å². The van der Waals surface area contributed by atoms with Gasteiger partial charge in [-0.1, -0.05) is 36.2 Å². The smallest absolute Gasteiger partial charge is 0.278 e. The second-order valence-corrected chi connectivity index (χ2v) is 5.11. The van der Waals surface area contributed by atoms with Gasteiger partial charge in [-0.15, -0.1) is 0 Å². The van der Waals surface area contributed by atoms with Crippen LogP contribution in [0.2, 0.25) is 10.0 Å². The maximum atomic E-state index is 12.2. The lowest BCUT2D eigenvalue weighted by Crippen LogP contribution is -2.15. The summed E-state index contributed by atoms with van der Waals surface area (Å²) in [6, 6.07) is 3.45. The summed E-state index contributed by atoms with van der Waals surface area (Å²) < 4.78 is 0. The topological polar surface area (TPSA) is 83.8 Å². The van der Waals surface area contributed by atoms with E-state index in [1.165, 1.54) is 0 Å². The quantitative estimate of drug-likeness (QED) is 0.812. The molecule has 1 amide bonds. The number of hydrogen-bond acceptors (Lipinski definition) is 3. The van der Waals surface area contributed by atoms with Crippen molar-refractivity contribution in [3.63, 3.8) is 0 Å². The fraction of sp³-hybridized carbons (Fsp3) is 0.231. The van der Waals surface area contributed by atoms with E-state index in [0.717, 1.165) is 11.3 Å². The number of carbonyl (C=O) groups is 1. The molecule has 0 unspecified atom stereocenters. The summed E-state index contributed by atoms with van der Waals surface area (Å²) in [4.78, 5) is 12.2. The number of amides is 1. The van der Waals surface area contributed by atoms with Crippen LogP contribution in [0.5, 0.6) is 0 Å². The van der Waals surface area contributed by atoms with Crippen LogP contribution in [0.3, 0.4) is 0 Å². The van der Waals surface area contributed by atoms with E-state index in [4.69, 9.17) is 28.9 Å². The number of halogens is 2. The van der Waals surface area contributed by atoms with Gasteiger partial charge in [-0.25, -0.2) is 0 Å². The van der Waals surface area contributed by atoms with Crippen LogP contribution in [0.15, 0.2) is 12.1 Å². The Kier molecular flexibility index (Phi) is 4.20. The molecular formula is C13H14Cl2N4O. The van der Waals surface area contributed by atoms with Gasteiger partial charge in [0.25, 0.3) is 5.91 Å². The van der Waals surface area contributed by atoms with Crippen LogP contribution < -0.4 is 11.1 Å². The first-order valence-corrected chi connectivity index (χ1v) is 6.80. The van der Waals surface area contributed by atoms with Crippen LogP contribution in [0.25, 0.3) is 0 Å². The van der Waals surface area contributed by atoms with E-state index in [1.807, 2.05) is 13.8 Å². The summed E-state index contributed by atoms with van der Waals surface area (Å²) in [6.45, 7) is 3.74. The maximum Gasteiger partial charge on any atom is 0.278 e. The van der Waals surface area contributed by atoms with Gasteiger partial charge in [0, 0.05) is 0 Å². The van der Waals surface area contributed by atoms with Crippen LogP contribution in [0.1, 0.15) is 28.7 Å². The van der Waals surface area contributed by atoms with Gasteiger partial charge >= 0.3 is 0 Å². The zero-order valence-corrected chi connectivity index (χ0v) is 12.6. The van der Waals surface area contributed by atoms with E-state index in [2.05, 4.69) is 15.5 Å². The number of anilines is 2. The van der Waals surface area contributed by atoms with Crippen LogP contribution >= 0.6 is 23.2 Å². The van der Waals surface area contributed by atoms with Crippen LogP contribution in [-0.2, 0) is 6.42 Å². The number of hydrogen-bond donors (Lipinski definition) is 3. The van der Waals surface area contributed by atoms with Crippen molar-refractivity contribution >= 4 is 40.5 Å². The molecule has 0 aliphatic carbocycles. The summed E-state index contributed by atoms with van der Waals surface area (Å²) >= 11 is 12.2. The summed E-state index contributed by atoms with van der Waals surface area (Å²) in [5.41, 5.74) is 8.22. The Bertz CT molecular complexity index is 667. The third-order valence-electron chi connectivity index (χ3n) is 2.97. The van der Waals surface area contributed by atoms with Crippen LogP contribution in [0.4, 0.5) is 11.4 Å². The Balaban J connectivity index is 2.33. The third-order valence-corrected chi connectivity index (χ3v) is 3.78. The molecule has 2 rings (SSSR count). The molecule has 0 radical (unpaired) electrons. The highest BCUT2D eigenvalue weighted by atomic mass is 35.5. The molecule has 0 saturated carbocycles. The lowest BCUT2D eigenvalue weighted by molar-refractivity contribution is 0.102. The normalized spacial score (nSPS) is 10.6. The Morgan fingerprint density at radius 2 is 2.15 bits per heavy atom. The highest BCUT2D eigenvalue weighted by molar-refractivity contribution is 6.40. The molecule has 2 aromatic rings. The number of carbonyl (C=O) groups excluding carboxylic acids is 1.